The number of fused-ring (bicyclic) bond motifs is 8. The van der Waals surface area contributed by atoms with Gasteiger partial charge in [-0.15, -0.1) is 0 Å². The first kappa shape index (κ1) is 39.0. The Bertz CT molecular complexity index is 2690. The van der Waals surface area contributed by atoms with Gasteiger partial charge < -0.3 is 39.8 Å². The van der Waals surface area contributed by atoms with Crippen LogP contribution in [0, 0.1) is 12.7 Å². The summed E-state index contributed by atoms with van der Waals surface area (Å²) in [5, 5.41) is 20.2. The molecule has 9 rings (SSSR count). The fourth-order valence-corrected chi connectivity index (χ4v) is 9.24. The molecule has 3 aromatic carbocycles. The van der Waals surface area contributed by atoms with Gasteiger partial charge in [0.05, 0.1) is 35.1 Å². The van der Waals surface area contributed by atoms with Crippen molar-refractivity contribution in [2.24, 2.45) is 0 Å². The lowest BCUT2D eigenvalue weighted by atomic mass is 9.81. The lowest BCUT2D eigenvalue weighted by Crippen LogP contribution is -2.46. The second kappa shape index (κ2) is 15.0. The van der Waals surface area contributed by atoms with Gasteiger partial charge in [0.25, 0.3) is 5.56 Å². The first-order valence-corrected chi connectivity index (χ1v) is 20.0. The van der Waals surface area contributed by atoms with E-state index in [9.17, 15) is 29.1 Å². The standard InChI is InChI=1S/C45H42FN5O9/c1-4-45(57)32-15-36-40-29(17-51(36)42(54)31(32)19-59-43(45)55)39-34(14-13-24-22(2)33(46)16-35(50-40)38(24)39)49-37(52)20-58-21-47-41(53)23(3)48-44(56)60-18-30-27-11-7-5-9-25(27)26-10-6-8-12-28(26)30/h5-12,15-16,23,30,34,57H,4,13-14,17-21H2,1-3H3,(H,47,53)(H,48,56)(H,49,52)/t23-,34-,45-/m0/s1. The van der Waals surface area contributed by atoms with Crippen molar-refractivity contribution in [2.75, 3.05) is 19.9 Å². The minimum Gasteiger partial charge on any atom is -0.458 e. The Hall–Kier alpha value is -6.45. The lowest BCUT2D eigenvalue weighted by Gasteiger charge is -2.31. The highest BCUT2D eigenvalue weighted by atomic mass is 19.1. The number of hydrogen-bond donors (Lipinski definition) is 4. The summed E-state index contributed by atoms with van der Waals surface area (Å²) < 4.78 is 33.1. The summed E-state index contributed by atoms with van der Waals surface area (Å²) in [4.78, 5) is 70.4. The molecule has 14 nitrogen and oxygen atoms in total. The molecular formula is C45H42FN5O9. The summed E-state index contributed by atoms with van der Waals surface area (Å²) in [6, 6.07) is 17.4. The van der Waals surface area contributed by atoms with Gasteiger partial charge in [-0.3, -0.25) is 14.4 Å². The highest BCUT2D eigenvalue weighted by Crippen LogP contribution is 2.47. The van der Waals surface area contributed by atoms with E-state index in [2.05, 4.69) is 16.0 Å². The van der Waals surface area contributed by atoms with E-state index < -0.39 is 59.5 Å². The molecular weight excluding hydrogens is 774 g/mol. The van der Waals surface area contributed by atoms with Crippen LogP contribution >= 0.6 is 0 Å². The first-order valence-electron chi connectivity index (χ1n) is 20.0. The van der Waals surface area contributed by atoms with Crippen LogP contribution < -0.4 is 21.5 Å². The second-order valence-electron chi connectivity index (χ2n) is 15.7. The van der Waals surface area contributed by atoms with E-state index in [1.54, 1.807) is 19.9 Å². The van der Waals surface area contributed by atoms with E-state index in [1.165, 1.54) is 17.6 Å². The number of esters is 1. The Balaban J connectivity index is 0.849. The third-order valence-corrected chi connectivity index (χ3v) is 12.4. The van der Waals surface area contributed by atoms with Gasteiger partial charge in [0.15, 0.2) is 5.60 Å². The zero-order valence-electron chi connectivity index (χ0n) is 33.1. The SMILES string of the molecule is CC[C@@]1(O)C(=O)OCc2c1cc1n(c2=O)Cc2c-1nc1cc(F)c(C)c3c1c2[C@@H](NC(=O)COCNC(=O)[C@H](C)NC(=O)OCC1c2ccccc2-c2ccccc21)CC3. The summed E-state index contributed by atoms with van der Waals surface area (Å²) in [6.45, 7) is 4.01. The molecule has 4 aliphatic rings. The molecule has 0 spiro atoms. The largest absolute Gasteiger partial charge is 0.458 e. The maximum absolute atomic E-state index is 15.3. The van der Waals surface area contributed by atoms with Gasteiger partial charge in [-0.05, 0) is 78.1 Å². The van der Waals surface area contributed by atoms with E-state index in [-0.39, 0.29) is 50.0 Å². The molecule has 60 heavy (non-hydrogen) atoms. The van der Waals surface area contributed by atoms with Crippen LogP contribution in [0.25, 0.3) is 33.4 Å². The molecule has 0 saturated heterocycles. The molecule has 4 N–H and O–H groups in total. The van der Waals surface area contributed by atoms with E-state index >= 15 is 4.39 Å². The number of alkyl carbamates (subject to hydrolysis) is 1. The number of benzene rings is 3. The zero-order valence-corrected chi connectivity index (χ0v) is 33.1. The van der Waals surface area contributed by atoms with Gasteiger partial charge >= 0.3 is 12.1 Å². The van der Waals surface area contributed by atoms with E-state index in [0.717, 1.165) is 27.8 Å². The fourth-order valence-electron chi connectivity index (χ4n) is 9.24. The second-order valence-corrected chi connectivity index (χ2v) is 15.7. The molecule has 2 aliphatic heterocycles. The number of carbonyl (C=O) groups excluding carboxylic acids is 4. The Labute approximate surface area is 343 Å². The van der Waals surface area contributed by atoms with Crippen molar-refractivity contribution in [2.45, 2.75) is 76.8 Å². The number of aromatic nitrogens is 2. The summed E-state index contributed by atoms with van der Waals surface area (Å²) in [6.07, 6.45) is 0.108. The summed E-state index contributed by atoms with van der Waals surface area (Å²) in [5.74, 6) is -2.43. The van der Waals surface area contributed by atoms with Gasteiger partial charge in [0, 0.05) is 28.5 Å². The summed E-state index contributed by atoms with van der Waals surface area (Å²) in [7, 11) is 0. The van der Waals surface area contributed by atoms with Gasteiger partial charge in [-0.25, -0.2) is 19.0 Å². The van der Waals surface area contributed by atoms with Crippen LogP contribution in [0.1, 0.15) is 83.2 Å². The van der Waals surface area contributed by atoms with Gasteiger partial charge in [0.1, 0.15) is 38.4 Å². The molecule has 0 radical (unpaired) electrons. The van der Waals surface area contributed by atoms with Crippen molar-refractivity contribution in [3.63, 3.8) is 0 Å². The molecule has 0 saturated carbocycles. The summed E-state index contributed by atoms with van der Waals surface area (Å²) in [5.41, 5.74) is 5.94. The fraction of sp³-hybridized carbons (Fsp3) is 0.333. The number of hydrogen-bond acceptors (Lipinski definition) is 10. The van der Waals surface area contributed by atoms with Crippen LogP contribution in [-0.2, 0) is 53.8 Å². The lowest BCUT2D eigenvalue weighted by molar-refractivity contribution is -0.172. The number of nitrogens with zero attached hydrogens (tertiary/aromatic N) is 2. The highest BCUT2D eigenvalue weighted by molar-refractivity contribution is 5.94. The van der Waals surface area contributed by atoms with Crippen molar-refractivity contribution in [3.05, 3.63) is 121 Å². The van der Waals surface area contributed by atoms with E-state index in [1.807, 2.05) is 48.5 Å². The number of nitrogens with one attached hydrogen (secondary N) is 3. The number of aliphatic hydroxyl groups is 1. The monoisotopic (exact) mass is 815 g/mol. The van der Waals surface area contributed by atoms with Crippen LogP contribution in [-0.4, -0.2) is 64.5 Å². The Kier molecular flexibility index (Phi) is 9.75. The van der Waals surface area contributed by atoms with Gasteiger partial charge in [0.2, 0.25) is 11.8 Å². The number of amides is 3. The number of cyclic esters (lactones) is 1. The van der Waals surface area contributed by atoms with Crippen LogP contribution in [0.4, 0.5) is 9.18 Å². The minimum absolute atomic E-state index is 0.0180. The normalized spacial score (nSPS) is 18.7. The number of rotatable bonds is 10. The third kappa shape index (κ3) is 6.30. The summed E-state index contributed by atoms with van der Waals surface area (Å²) >= 11 is 0. The van der Waals surface area contributed by atoms with Crippen LogP contribution in [0.2, 0.25) is 0 Å². The number of carbonyl (C=O) groups is 4. The van der Waals surface area contributed by atoms with Crippen molar-refractivity contribution in [1.82, 2.24) is 25.5 Å². The minimum atomic E-state index is -2.01. The van der Waals surface area contributed by atoms with Crippen LogP contribution in [0.3, 0.4) is 0 Å². The van der Waals surface area contributed by atoms with E-state index in [0.29, 0.717) is 51.8 Å². The average Bonchev–Trinajstić information content (AvgIpc) is 3.78. The number of aryl methyl sites for hydroxylation is 1. The quantitative estimate of drug-likeness (QED) is 0.0862. The number of ether oxygens (including phenoxy) is 3. The molecule has 2 aromatic heterocycles. The maximum atomic E-state index is 15.3. The Morgan fingerprint density at radius 1 is 1.05 bits per heavy atom. The van der Waals surface area contributed by atoms with E-state index in [4.69, 9.17) is 19.2 Å². The maximum Gasteiger partial charge on any atom is 0.407 e. The number of halogens is 1. The Morgan fingerprint density at radius 3 is 2.48 bits per heavy atom. The molecule has 15 heteroatoms. The van der Waals surface area contributed by atoms with Crippen molar-refractivity contribution in [3.8, 4) is 22.5 Å². The topological polar surface area (TPSA) is 187 Å². The first-order chi connectivity index (χ1) is 28.9. The van der Waals surface area contributed by atoms with Crippen molar-refractivity contribution < 1.29 is 42.9 Å². The van der Waals surface area contributed by atoms with Gasteiger partial charge in [-0.2, -0.15) is 0 Å². The Morgan fingerprint density at radius 2 is 1.77 bits per heavy atom. The highest BCUT2D eigenvalue weighted by Gasteiger charge is 2.46. The molecule has 0 unspecified atom stereocenters. The molecule has 308 valence electrons. The van der Waals surface area contributed by atoms with Crippen LogP contribution in [0.5, 0.6) is 0 Å². The third-order valence-electron chi connectivity index (χ3n) is 12.4. The molecule has 3 amide bonds. The predicted molar refractivity (Wildman–Crippen MR) is 215 cm³/mol. The van der Waals surface area contributed by atoms with Crippen LogP contribution in [0.15, 0.2) is 65.5 Å². The van der Waals surface area contributed by atoms with Gasteiger partial charge in [-0.1, -0.05) is 55.5 Å². The number of pyridine rings is 2. The molecule has 0 bridgehead atoms. The smallest absolute Gasteiger partial charge is 0.407 e. The molecule has 5 aromatic rings. The molecule has 0 fully saturated rings. The van der Waals surface area contributed by atoms with Crippen molar-refractivity contribution in [1.29, 1.82) is 0 Å². The molecule has 3 atom stereocenters. The predicted octanol–water partition coefficient (Wildman–Crippen LogP) is 4.65. The molecule has 2 aliphatic carbocycles. The zero-order chi connectivity index (χ0) is 42.0. The average molecular weight is 816 g/mol. The molecule has 4 heterocycles. The van der Waals surface area contributed by atoms with Crippen molar-refractivity contribution >= 4 is 34.8 Å².